The van der Waals surface area contributed by atoms with Gasteiger partial charge in [0.05, 0.1) is 7.11 Å². The van der Waals surface area contributed by atoms with Gasteiger partial charge in [-0.2, -0.15) is 0 Å². The molecule has 0 bridgehead atoms. The van der Waals surface area contributed by atoms with E-state index in [1.54, 1.807) is 55.9 Å². The molecule has 0 spiro atoms. The van der Waals surface area contributed by atoms with Crippen molar-refractivity contribution < 1.29 is 14.9 Å². The van der Waals surface area contributed by atoms with Gasteiger partial charge >= 0.3 is 0 Å². The number of aliphatic hydroxyl groups is 2. The highest BCUT2D eigenvalue weighted by atomic mass is 16.5. The van der Waals surface area contributed by atoms with Crippen LogP contribution in [0.4, 0.5) is 5.95 Å². The van der Waals surface area contributed by atoms with Crippen molar-refractivity contribution in [3.8, 4) is 29.1 Å². The SMILES string of the molecule is COc1ccc2c(c1)CN(c1nccc(-c3nccc(C#Cc4ccc(C(O)O)cc4)n3)n1)C2. The highest BCUT2D eigenvalue weighted by Gasteiger charge is 2.22. The van der Waals surface area contributed by atoms with Crippen LogP contribution in [-0.4, -0.2) is 37.3 Å². The third kappa shape index (κ3) is 4.57. The monoisotopic (exact) mass is 451 g/mol. The third-order valence-electron chi connectivity index (χ3n) is 5.49. The molecular formula is C26H21N5O3. The van der Waals surface area contributed by atoms with Crippen LogP contribution in [0.3, 0.4) is 0 Å². The molecule has 2 aromatic heterocycles. The van der Waals surface area contributed by atoms with E-state index < -0.39 is 6.29 Å². The Morgan fingerprint density at radius 1 is 0.882 bits per heavy atom. The number of nitrogens with zero attached hydrogens (tertiary/aromatic N) is 5. The number of aliphatic hydroxyl groups excluding tert-OH is 1. The average molecular weight is 451 g/mol. The molecule has 0 fully saturated rings. The third-order valence-corrected chi connectivity index (χ3v) is 5.49. The highest BCUT2D eigenvalue weighted by molar-refractivity contribution is 5.54. The first-order valence-electron chi connectivity index (χ1n) is 10.6. The lowest BCUT2D eigenvalue weighted by Gasteiger charge is -2.15. The van der Waals surface area contributed by atoms with Crippen LogP contribution in [0, 0.1) is 11.8 Å². The quantitative estimate of drug-likeness (QED) is 0.361. The summed E-state index contributed by atoms with van der Waals surface area (Å²) in [5.41, 5.74) is 4.74. The van der Waals surface area contributed by atoms with Crippen LogP contribution in [0.1, 0.15) is 34.2 Å². The number of ether oxygens (including phenoxy) is 1. The smallest absolute Gasteiger partial charge is 0.226 e. The zero-order valence-electron chi connectivity index (χ0n) is 18.4. The number of anilines is 1. The van der Waals surface area contributed by atoms with Crippen LogP contribution >= 0.6 is 0 Å². The van der Waals surface area contributed by atoms with E-state index >= 15 is 0 Å². The fraction of sp³-hybridized carbons (Fsp3) is 0.154. The first-order valence-corrected chi connectivity index (χ1v) is 10.6. The van der Waals surface area contributed by atoms with Crippen molar-refractivity contribution in [2.75, 3.05) is 12.0 Å². The fourth-order valence-corrected chi connectivity index (χ4v) is 3.69. The van der Waals surface area contributed by atoms with E-state index in [4.69, 9.17) is 9.72 Å². The largest absolute Gasteiger partial charge is 0.497 e. The Bertz CT molecular complexity index is 1390. The van der Waals surface area contributed by atoms with E-state index in [0.29, 0.717) is 35.3 Å². The molecule has 2 aromatic carbocycles. The van der Waals surface area contributed by atoms with Crippen molar-refractivity contribution >= 4 is 5.95 Å². The highest BCUT2D eigenvalue weighted by Crippen LogP contribution is 2.29. The Balaban J connectivity index is 1.36. The van der Waals surface area contributed by atoms with Gasteiger partial charge in [0, 0.05) is 36.6 Å². The van der Waals surface area contributed by atoms with Crippen molar-refractivity contribution in [2.45, 2.75) is 19.4 Å². The Morgan fingerprint density at radius 2 is 1.68 bits per heavy atom. The summed E-state index contributed by atoms with van der Waals surface area (Å²) in [6.45, 7) is 1.43. The standard InChI is InChI=1S/C26H21N5O3/c1-34-22-9-7-19-15-31(16-20(19)14-22)26-28-13-11-23(30-26)24-27-12-10-21(29-24)8-4-17-2-5-18(6-3-17)25(32)33/h2-3,5-7,9-14,25,32-33H,15-16H2,1H3. The van der Waals surface area contributed by atoms with Gasteiger partial charge in [-0.05, 0) is 53.4 Å². The summed E-state index contributed by atoms with van der Waals surface area (Å²) in [4.78, 5) is 20.2. The molecule has 1 aliphatic heterocycles. The van der Waals surface area contributed by atoms with Crippen molar-refractivity contribution in [2.24, 2.45) is 0 Å². The number of rotatable bonds is 4. The fourth-order valence-electron chi connectivity index (χ4n) is 3.69. The predicted molar refractivity (Wildman–Crippen MR) is 126 cm³/mol. The molecule has 0 aliphatic carbocycles. The zero-order valence-corrected chi connectivity index (χ0v) is 18.4. The maximum Gasteiger partial charge on any atom is 0.226 e. The molecule has 0 saturated carbocycles. The minimum absolute atomic E-state index is 0.412. The molecule has 0 amide bonds. The lowest BCUT2D eigenvalue weighted by Crippen LogP contribution is -2.17. The number of methoxy groups -OCH3 is 1. The second-order valence-electron chi connectivity index (χ2n) is 7.74. The van der Waals surface area contributed by atoms with Crippen molar-refractivity contribution in [3.63, 3.8) is 0 Å². The summed E-state index contributed by atoms with van der Waals surface area (Å²) in [5.74, 6) is 7.96. The van der Waals surface area contributed by atoms with Crippen LogP contribution in [0.2, 0.25) is 0 Å². The van der Waals surface area contributed by atoms with Gasteiger partial charge in [0.1, 0.15) is 17.1 Å². The molecule has 8 nitrogen and oxygen atoms in total. The van der Waals surface area contributed by atoms with Crippen LogP contribution in [0.15, 0.2) is 67.0 Å². The van der Waals surface area contributed by atoms with Gasteiger partial charge in [-0.3, -0.25) is 0 Å². The molecule has 5 rings (SSSR count). The molecule has 2 N–H and O–H groups in total. The molecule has 0 radical (unpaired) electrons. The number of hydrogen-bond donors (Lipinski definition) is 2. The number of aromatic nitrogens is 4. The van der Waals surface area contributed by atoms with Gasteiger partial charge in [0.2, 0.25) is 5.95 Å². The van der Waals surface area contributed by atoms with Gasteiger partial charge in [0.25, 0.3) is 0 Å². The Morgan fingerprint density at radius 3 is 2.47 bits per heavy atom. The van der Waals surface area contributed by atoms with E-state index in [0.717, 1.165) is 17.9 Å². The number of fused-ring (bicyclic) bond motifs is 1. The molecule has 4 aromatic rings. The summed E-state index contributed by atoms with van der Waals surface area (Å²) in [6.07, 6.45) is 1.86. The summed E-state index contributed by atoms with van der Waals surface area (Å²) in [7, 11) is 1.66. The second kappa shape index (κ2) is 9.27. The Hall–Kier alpha value is -4.32. The van der Waals surface area contributed by atoms with Crippen molar-refractivity contribution in [1.82, 2.24) is 19.9 Å². The lowest BCUT2D eigenvalue weighted by atomic mass is 10.1. The lowest BCUT2D eigenvalue weighted by molar-refractivity contribution is -0.0424. The van der Waals surface area contributed by atoms with E-state index in [1.807, 2.05) is 12.1 Å². The Kier molecular flexibility index (Phi) is 5.87. The second-order valence-corrected chi connectivity index (χ2v) is 7.74. The van der Waals surface area contributed by atoms with E-state index in [2.05, 4.69) is 37.8 Å². The van der Waals surface area contributed by atoms with Crippen LogP contribution in [-0.2, 0) is 13.1 Å². The van der Waals surface area contributed by atoms with Gasteiger partial charge in [-0.15, -0.1) is 0 Å². The minimum atomic E-state index is -1.50. The summed E-state index contributed by atoms with van der Waals surface area (Å²) in [6, 6.07) is 16.3. The van der Waals surface area contributed by atoms with Gasteiger partial charge in [-0.25, -0.2) is 19.9 Å². The van der Waals surface area contributed by atoms with Gasteiger partial charge in [0.15, 0.2) is 12.1 Å². The first kappa shape index (κ1) is 21.5. The molecule has 0 saturated heterocycles. The van der Waals surface area contributed by atoms with Gasteiger partial charge in [-0.1, -0.05) is 24.1 Å². The number of benzene rings is 2. The molecule has 8 heteroatoms. The first-order chi connectivity index (χ1) is 16.6. The molecule has 0 unspecified atom stereocenters. The summed E-state index contributed by atoms with van der Waals surface area (Å²) in [5, 5.41) is 18.4. The average Bonchev–Trinajstić information content (AvgIpc) is 3.31. The van der Waals surface area contributed by atoms with E-state index in [9.17, 15) is 10.2 Å². The summed E-state index contributed by atoms with van der Waals surface area (Å²) < 4.78 is 5.33. The normalized spacial score (nSPS) is 12.3. The topological polar surface area (TPSA) is 104 Å². The molecular weight excluding hydrogens is 430 g/mol. The van der Waals surface area contributed by atoms with Crippen LogP contribution in [0.5, 0.6) is 5.75 Å². The predicted octanol–water partition coefficient (Wildman–Crippen LogP) is 2.85. The van der Waals surface area contributed by atoms with E-state index in [1.165, 1.54) is 11.1 Å². The van der Waals surface area contributed by atoms with E-state index in [-0.39, 0.29) is 0 Å². The van der Waals surface area contributed by atoms with Gasteiger partial charge < -0.3 is 19.8 Å². The minimum Gasteiger partial charge on any atom is -0.497 e. The van der Waals surface area contributed by atoms with Crippen molar-refractivity contribution in [1.29, 1.82) is 0 Å². The number of hydrogen-bond acceptors (Lipinski definition) is 8. The maximum atomic E-state index is 9.20. The molecule has 3 heterocycles. The zero-order chi connectivity index (χ0) is 23.5. The van der Waals surface area contributed by atoms with Crippen molar-refractivity contribution in [3.05, 3.63) is 94.9 Å². The molecule has 1 aliphatic rings. The molecule has 0 atom stereocenters. The Labute approximate surface area is 196 Å². The summed E-state index contributed by atoms with van der Waals surface area (Å²) >= 11 is 0. The van der Waals surface area contributed by atoms with Crippen LogP contribution in [0.25, 0.3) is 11.5 Å². The maximum absolute atomic E-state index is 9.20. The molecule has 34 heavy (non-hydrogen) atoms. The van der Waals surface area contributed by atoms with Crippen LogP contribution < -0.4 is 9.64 Å². The molecule has 168 valence electrons.